The molecule has 2 aromatic carbocycles. The Morgan fingerprint density at radius 2 is 1.20 bits per heavy atom. The number of aromatic amines is 2. The number of fused-ring (bicyclic) bond motifs is 2. The number of benzene rings is 2. The fraction of sp³-hybridized carbons (Fsp3) is 0.290. The minimum Gasteiger partial charge on any atom is -0.481 e. The zero-order chi connectivity index (χ0) is 33.4. The zero-order valence-corrected chi connectivity index (χ0v) is 24.6. The van der Waals surface area contributed by atoms with E-state index >= 15 is 0 Å². The van der Waals surface area contributed by atoms with E-state index in [1.54, 1.807) is 24.5 Å². The first kappa shape index (κ1) is 33.2. The number of nitrogens with two attached hydrogens (primary N) is 2. The highest BCUT2D eigenvalue weighted by Gasteiger charge is 2.32. The van der Waals surface area contributed by atoms with Crippen LogP contribution in [0.2, 0.25) is 0 Å². The number of aliphatic carboxylic acids is 2. The fourth-order valence-corrected chi connectivity index (χ4v) is 5.11. The summed E-state index contributed by atoms with van der Waals surface area (Å²) in [6, 6.07) is 8.84. The third-order valence-electron chi connectivity index (χ3n) is 7.49. The second-order valence-electron chi connectivity index (χ2n) is 10.9. The molecule has 4 atom stereocenters. The summed E-state index contributed by atoms with van der Waals surface area (Å²) in [5, 5.41) is 27.9. The number of carboxylic acid groups (broad SMARTS) is 2. The highest BCUT2D eigenvalue weighted by Crippen LogP contribution is 2.20. The van der Waals surface area contributed by atoms with E-state index in [2.05, 4.69) is 25.9 Å². The van der Waals surface area contributed by atoms with E-state index in [-0.39, 0.29) is 25.7 Å². The Morgan fingerprint density at radius 3 is 1.74 bits per heavy atom. The van der Waals surface area contributed by atoms with Gasteiger partial charge in [-0.05, 0) is 36.1 Å². The molecule has 11 N–H and O–H groups in total. The zero-order valence-electron chi connectivity index (χ0n) is 24.6. The first-order valence-corrected chi connectivity index (χ1v) is 14.4. The van der Waals surface area contributed by atoms with Crippen LogP contribution in [-0.4, -0.2) is 79.9 Å². The highest BCUT2D eigenvalue weighted by molar-refractivity contribution is 5.96. The van der Waals surface area contributed by atoms with Crippen molar-refractivity contribution in [1.82, 2.24) is 25.9 Å². The van der Waals surface area contributed by atoms with Crippen molar-refractivity contribution in [3.63, 3.8) is 0 Å². The molecule has 2 aromatic heterocycles. The van der Waals surface area contributed by atoms with E-state index in [0.29, 0.717) is 5.56 Å². The number of nitrogens with one attached hydrogen (secondary N) is 5. The summed E-state index contributed by atoms with van der Waals surface area (Å²) in [7, 11) is 0. The van der Waals surface area contributed by atoms with Crippen LogP contribution in [0.4, 0.5) is 0 Å². The number of hydrogen-bond acceptors (Lipinski definition) is 7. The second kappa shape index (κ2) is 14.9. The van der Waals surface area contributed by atoms with Crippen molar-refractivity contribution in [3.8, 4) is 0 Å². The van der Waals surface area contributed by atoms with Crippen LogP contribution in [0.3, 0.4) is 0 Å². The number of amides is 4. The van der Waals surface area contributed by atoms with Crippen molar-refractivity contribution < 1.29 is 39.0 Å². The molecular weight excluding hydrogens is 598 g/mol. The molecule has 4 unspecified atom stereocenters. The van der Waals surface area contributed by atoms with Gasteiger partial charge in [0, 0.05) is 47.0 Å². The fourth-order valence-electron chi connectivity index (χ4n) is 5.11. The molecule has 4 amide bonds. The quantitative estimate of drug-likeness (QED) is 0.0805. The number of hydrogen-bond donors (Lipinski definition) is 9. The number of H-pyrrole nitrogens is 2. The Balaban J connectivity index is 1.46. The summed E-state index contributed by atoms with van der Waals surface area (Å²) < 4.78 is 0. The number of aromatic nitrogens is 2. The van der Waals surface area contributed by atoms with Gasteiger partial charge in [0.05, 0.1) is 12.5 Å². The molecule has 0 radical (unpaired) electrons. The van der Waals surface area contributed by atoms with E-state index in [9.17, 15) is 39.0 Å². The Labute approximate surface area is 262 Å². The molecule has 0 fully saturated rings. The van der Waals surface area contributed by atoms with Crippen molar-refractivity contribution in [2.24, 2.45) is 11.5 Å². The smallest absolute Gasteiger partial charge is 0.326 e. The van der Waals surface area contributed by atoms with E-state index in [1.807, 2.05) is 36.4 Å². The van der Waals surface area contributed by atoms with Crippen LogP contribution in [-0.2, 0) is 41.6 Å². The Kier molecular flexibility index (Phi) is 10.7. The molecule has 242 valence electrons. The van der Waals surface area contributed by atoms with Gasteiger partial charge < -0.3 is 47.6 Å². The lowest BCUT2D eigenvalue weighted by Crippen LogP contribution is -2.58. The van der Waals surface area contributed by atoms with Crippen molar-refractivity contribution in [3.05, 3.63) is 72.1 Å². The van der Waals surface area contributed by atoms with Crippen LogP contribution in [0.5, 0.6) is 0 Å². The normalized spacial score (nSPS) is 13.8. The maximum Gasteiger partial charge on any atom is 0.326 e. The van der Waals surface area contributed by atoms with Crippen LogP contribution in [0.1, 0.15) is 30.4 Å². The van der Waals surface area contributed by atoms with Crippen LogP contribution in [0.15, 0.2) is 60.9 Å². The average molecular weight is 634 g/mol. The van der Waals surface area contributed by atoms with Gasteiger partial charge in [0.2, 0.25) is 23.6 Å². The van der Waals surface area contributed by atoms with Gasteiger partial charge >= 0.3 is 11.9 Å². The predicted molar refractivity (Wildman–Crippen MR) is 166 cm³/mol. The highest BCUT2D eigenvalue weighted by atomic mass is 16.4. The average Bonchev–Trinajstić information content (AvgIpc) is 3.62. The first-order chi connectivity index (χ1) is 21.9. The third-order valence-corrected chi connectivity index (χ3v) is 7.49. The molecule has 0 saturated heterocycles. The van der Waals surface area contributed by atoms with Crippen molar-refractivity contribution in [2.45, 2.75) is 56.3 Å². The third kappa shape index (κ3) is 8.47. The maximum atomic E-state index is 13.3. The molecule has 0 aliphatic heterocycles. The number of carbonyl (C=O) groups is 6. The summed E-state index contributed by atoms with van der Waals surface area (Å²) in [4.78, 5) is 80.8. The van der Waals surface area contributed by atoms with Crippen LogP contribution < -0.4 is 27.4 Å². The van der Waals surface area contributed by atoms with Gasteiger partial charge in [-0.15, -0.1) is 0 Å². The lowest BCUT2D eigenvalue weighted by Gasteiger charge is -2.24. The van der Waals surface area contributed by atoms with Gasteiger partial charge in [0.1, 0.15) is 18.1 Å². The Morgan fingerprint density at radius 1 is 0.696 bits per heavy atom. The SMILES string of the molecule is NC(=O)CCC(NC(=O)C(CC(=O)O)NC(=O)C(N)Cc1c[nH]c2ccccc12)C(=O)NC(Cc1c[nH]c2ccccc12)C(=O)O. The summed E-state index contributed by atoms with van der Waals surface area (Å²) in [5.41, 5.74) is 14.3. The molecule has 4 rings (SSSR count). The van der Waals surface area contributed by atoms with Gasteiger partial charge in [-0.3, -0.25) is 24.0 Å². The van der Waals surface area contributed by atoms with E-state index in [1.165, 1.54) is 0 Å². The van der Waals surface area contributed by atoms with E-state index < -0.39 is 66.2 Å². The van der Waals surface area contributed by atoms with Crippen LogP contribution in [0, 0.1) is 0 Å². The lowest BCUT2D eigenvalue weighted by molar-refractivity contribution is -0.143. The standard InChI is InChI=1S/C31H35N7O8/c32-20(11-16-14-34-21-7-3-1-5-18(16)21)28(42)37-24(13-27(40)41)30(44)36-23(9-10-26(33)39)29(43)38-25(31(45)46)12-17-15-35-22-8-4-2-6-19(17)22/h1-8,14-15,20,23-25,34-35H,9-13,32H2,(H2,33,39)(H,36,44)(H,37,42)(H,38,43)(H,40,41)(H,45,46). The molecule has 0 saturated carbocycles. The van der Waals surface area contributed by atoms with Gasteiger partial charge in [-0.1, -0.05) is 36.4 Å². The summed E-state index contributed by atoms with van der Waals surface area (Å²) >= 11 is 0. The van der Waals surface area contributed by atoms with Gasteiger partial charge in [0.25, 0.3) is 0 Å². The monoisotopic (exact) mass is 633 g/mol. The molecule has 15 nitrogen and oxygen atoms in total. The minimum atomic E-state index is -1.65. The topological polar surface area (TPSA) is 263 Å². The van der Waals surface area contributed by atoms with E-state index in [0.717, 1.165) is 27.4 Å². The number of primary amides is 1. The molecule has 0 spiro atoms. The molecule has 0 bridgehead atoms. The minimum absolute atomic E-state index is 0.0773. The molecule has 2 heterocycles. The van der Waals surface area contributed by atoms with Gasteiger partial charge in [0.15, 0.2) is 0 Å². The molecular formula is C31H35N7O8. The number of para-hydroxylation sites is 2. The number of carboxylic acids is 2. The molecule has 4 aromatic rings. The largest absolute Gasteiger partial charge is 0.481 e. The van der Waals surface area contributed by atoms with Crippen molar-refractivity contribution >= 4 is 57.4 Å². The van der Waals surface area contributed by atoms with Crippen molar-refractivity contribution in [1.29, 1.82) is 0 Å². The Bertz CT molecular complexity index is 1760. The second-order valence-corrected chi connectivity index (χ2v) is 10.9. The summed E-state index contributed by atoms with van der Waals surface area (Å²) in [6.45, 7) is 0. The predicted octanol–water partition coefficient (Wildman–Crippen LogP) is 0.0409. The Hall–Kier alpha value is -5.70. The molecule has 15 heteroatoms. The maximum absolute atomic E-state index is 13.3. The van der Waals surface area contributed by atoms with E-state index in [4.69, 9.17) is 11.5 Å². The summed E-state index contributed by atoms with van der Waals surface area (Å²) in [5.74, 6) is -6.37. The van der Waals surface area contributed by atoms with Crippen LogP contribution >= 0.6 is 0 Å². The molecule has 0 aliphatic rings. The molecule has 46 heavy (non-hydrogen) atoms. The number of rotatable bonds is 16. The summed E-state index contributed by atoms with van der Waals surface area (Å²) in [6.07, 6.45) is 1.77. The lowest BCUT2D eigenvalue weighted by atomic mass is 10.0. The van der Waals surface area contributed by atoms with Crippen molar-refractivity contribution in [2.75, 3.05) is 0 Å². The van der Waals surface area contributed by atoms with Gasteiger partial charge in [-0.2, -0.15) is 0 Å². The first-order valence-electron chi connectivity index (χ1n) is 14.4. The number of carbonyl (C=O) groups excluding carboxylic acids is 4. The molecule has 0 aliphatic carbocycles. The van der Waals surface area contributed by atoms with Gasteiger partial charge in [-0.25, -0.2) is 4.79 Å². The van der Waals surface area contributed by atoms with Crippen LogP contribution in [0.25, 0.3) is 21.8 Å².